The van der Waals surface area contributed by atoms with Crippen molar-refractivity contribution in [1.29, 1.82) is 0 Å². The standard InChI is InChI=1S/C16H21NO3/c1-4-20-15(19)13-11-17(16(2,3)14(13)18)10-12-8-6-5-7-9-12/h5-9,13H,4,10-11H2,1-3H3. The molecule has 1 aromatic rings. The summed E-state index contributed by atoms with van der Waals surface area (Å²) in [6, 6.07) is 9.97. The van der Waals surface area contributed by atoms with Crippen molar-refractivity contribution in [2.75, 3.05) is 13.2 Å². The second kappa shape index (κ2) is 5.75. The maximum atomic E-state index is 12.4. The van der Waals surface area contributed by atoms with Crippen molar-refractivity contribution in [3.8, 4) is 0 Å². The highest BCUT2D eigenvalue weighted by Gasteiger charge is 2.50. The molecule has 1 aromatic carbocycles. The molecule has 0 amide bonds. The summed E-state index contributed by atoms with van der Waals surface area (Å²) in [5.41, 5.74) is 0.505. The minimum Gasteiger partial charge on any atom is -0.465 e. The molecule has 4 heteroatoms. The molecule has 1 saturated heterocycles. The summed E-state index contributed by atoms with van der Waals surface area (Å²) < 4.78 is 5.00. The van der Waals surface area contributed by atoms with Crippen LogP contribution in [-0.2, 0) is 20.9 Å². The number of benzene rings is 1. The summed E-state index contributed by atoms with van der Waals surface area (Å²) in [6.45, 7) is 6.90. The first-order valence-corrected chi connectivity index (χ1v) is 6.96. The molecule has 1 heterocycles. The molecule has 0 radical (unpaired) electrons. The zero-order chi connectivity index (χ0) is 14.8. The second-order valence-corrected chi connectivity index (χ2v) is 5.59. The molecule has 1 aliphatic rings. The highest BCUT2D eigenvalue weighted by Crippen LogP contribution is 2.31. The third-order valence-corrected chi connectivity index (χ3v) is 3.90. The van der Waals surface area contributed by atoms with Crippen LogP contribution in [0, 0.1) is 5.92 Å². The molecule has 0 spiro atoms. The summed E-state index contributed by atoms with van der Waals surface area (Å²) in [4.78, 5) is 26.3. The van der Waals surface area contributed by atoms with Crippen LogP contribution in [-0.4, -0.2) is 35.3 Å². The Kier molecular flexibility index (Phi) is 4.23. The molecule has 0 N–H and O–H groups in total. The first kappa shape index (κ1) is 14.7. The van der Waals surface area contributed by atoms with E-state index >= 15 is 0 Å². The van der Waals surface area contributed by atoms with Crippen molar-refractivity contribution in [2.24, 2.45) is 5.92 Å². The third-order valence-electron chi connectivity index (χ3n) is 3.90. The molecule has 1 aliphatic heterocycles. The predicted octanol–water partition coefficient (Wildman–Crippen LogP) is 2.03. The number of nitrogens with zero attached hydrogens (tertiary/aromatic N) is 1. The Balaban J connectivity index is 2.14. The Morgan fingerprint density at radius 1 is 1.35 bits per heavy atom. The normalized spacial score (nSPS) is 21.9. The van der Waals surface area contributed by atoms with Crippen LogP contribution in [0.4, 0.5) is 0 Å². The lowest BCUT2D eigenvalue weighted by molar-refractivity contribution is -0.150. The van der Waals surface area contributed by atoms with E-state index in [-0.39, 0.29) is 5.78 Å². The van der Waals surface area contributed by atoms with Crippen LogP contribution in [0.1, 0.15) is 26.3 Å². The molecule has 0 bridgehead atoms. The number of esters is 1. The van der Waals surface area contributed by atoms with Gasteiger partial charge in [0.2, 0.25) is 0 Å². The van der Waals surface area contributed by atoms with Crippen molar-refractivity contribution < 1.29 is 14.3 Å². The van der Waals surface area contributed by atoms with Crippen molar-refractivity contribution >= 4 is 11.8 Å². The highest BCUT2D eigenvalue weighted by molar-refractivity contribution is 6.05. The van der Waals surface area contributed by atoms with E-state index in [0.29, 0.717) is 19.7 Å². The van der Waals surface area contributed by atoms with Crippen molar-refractivity contribution in [1.82, 2.24) is 4.90 Å². The van der Waals surface area contributed by atoms with Gasteiger partial charge in [-0.3, -0.25) is 14.5 Å². The number of ketones is 1. The summed E-state index contributed by atoms with van der Waals surface area (Å²) in [5.74, 6) is -1.11. The van der Waals surface area contributed by atoms with Crippen LogP contribution in [0.25, 0.3) is 0 Å². The van der Waals surface area contributed by atoms with Gasteiger partial charge < -0.3 is 4.74 Å². The largest absolute Gasteiger partial charge is 0.465 e. The molecule has 0 saturated carbocycles. The van der Waals surface area contributed by atoms with Gasteiger partial charge in [0.25, 0.3) is 0 Å². The van der Waals surface area contributed by atoms with E-state index in [2.05, 4.69) is 0 Å². The van der Waals surface area contributed by atoms with Gasteiger partial charge in [0, 0.05) is 13.1 Å². The SMILES string of the molecule is CCOC(=O)C1CN(Cc2ccccc2)C(C)(C)C1=O. The smallest absolute Gasteiger partial charge is 0.317 e. The number of hydrogen-bond acceptors (Lipinski definition) is 4. The van der Waals surface area contributed by atoms with Gasteiger partial charge >= 0.3 is 5.97 Å². The lowest BCUT2D eigenvalue weighted by Gasteiger charge is -2.29. The maximum absolute atomic E-state index is 12.4. The zero-order valence-electron chi connectivity index (χ0n) is 12.3. The van der Waals surface area contributed by atoms with Gasteiger partial charge in [-0.15, -0.1) is 0 Å². The van der Waals surface area contributed by atoms with Gasteiger partial charge in [-0.1, -0.05) is 30.3 Å². The molecule has 1 atom stereocenters. The van der Waals surface area contributed by atoms with Crippen LogP contribution < -0.4 is 0 Å². The lowest BCUT2D eigenvalue weighted by atomic mass is 9.94. The highest BCUT2D eigenvalue weighted by atomic mass is 16.5. The Labute approximate surface area is 119 Å². The Morgan fingerprint density at radius 3 is 2.60 bits per heavy atom. The minimum atomic E-state index is -0.659. The van der Waals surface area contributed by atoms with E-state index in [9.17, 15) is 9.59 Å². The lowest BCUT2D eigenvalue weighted by Crippen LogP contribution is -2.42. The number of carbonyl (C=O) groups excluding carboxylic acids is 2. The number of rotatable bonds is 4. The molecular formula is C16H21NO3. The van der Waals surface area contributed by atoms with Crippen LogP contribution in [0.3, 0.4) is 0 Å². The van der Waals surface area contributed by atoms with Crippen LogP contribution in [0.5, 0.6) is 0 Å². The van der Waals surface area contributed by atoms with Gasteiger partial charge in [0.05, 0.1) is 12.1 Å². The maximum Gasteiger partial charge on any atom is 0.317 e. The van der Waals surface area contributed by atoms with Crippen molar-refractivity contribution in [2.45, 2.75) is 32.9 Å². The molecule has 108 valence electrons. The molecule has 0 aliphatic carbocycles. The number of Topliss-reactive ketones (excluding diaryl/α,β-unsaturated/α-hetero) is 1. The number of hydrogen-bond donors (Lipinski definition) is 0. The minimum absolute atomic E-state index is 0.0492. The Hall–Kier alpha value is -1.68. The monoisotopic (exact) mass is 275 g/mol. The molecule has 4 nitrogen and oxygen atoms in total. The quantitative estimate of drug-likeness (QED) is 0.623. The summed E-state index contributed by atoms with van der Waals surface area (Å²) >= 11 is 0. The fraction of sp³-hybridized carbons (Fsp3) is 0.500. The number of likely N-dealkylation sites (tertiary alicyclic amines) is 1. The van der Waals surface area contributed by atoms with Gasteiger partial charge in [0.15, 0.2) is 5.78 Å². The average Bonchev–Trinajstić information content (AvgIpc) is 2.64. The molecule has 0 aromatic heterocycles. The van der Waals surface area contributed by atoms with E-state index in [4.69, 9.17) is 4.74 Å². The molecular weight excluding hydrogens is 254 g/mol. The van der Waals surface area contributed by atoms with E-state index in [1.165, 1.54) is 0 Å². The number of carbonyl (C=O) groups is 2. The zero-order valence-corrected chi connectivity index (χ0v) is 12.3. The van der Waals surface area contributed by atoms with Gasteiger partial charge in [-0.25, -0.2) is 0 Å². The van der Waals surface area contributed by atoms with Crippen LogP contribution in [0.15, 0.2) is 30.3 Å². The van der Waals surface area contributed by atoms with E-state index in [1.807, 2.05) is 49.1 Å². The average molecular weight is 275 g/mol. The van der Waals surface area contributed by atoms with Crippen molar-refractivity contribution in [3.05, 3.63) is 35.9 Å². The van der Waals surface area contributed by atoms with E-state index < -0.39 is 17.4 Å². The van der Waals surface area contributed by atoms with Crippen LogP contribution in [0.2, 0.25) is 0 Å². The van der Waals surface area contributed by atoms with Crippen molar-refractivity contribution in [3.63, 3.8) is 0 Å². The second-order valence-electron chi connectivity index (χ2n) is 5.59. The topological polar surface area (TPSA) is 46.6 Å². The summed E-state index contributed by atoms with van der Waals surface area (Å²) in [7, 11) is 0. The Morgan fingerprint density at radius 2 is 2.00 bits per heavy atom. The molecule has 1 unspecified atom stereocenters. The van der Waals surface area contributed by atoms with Crippen LogP contribution >= 0.6 is 0 Å². The molecule has 20 heavy (non-hydrogen) atoms. The summed E-state index contributed by atoms with van der Waals surface area (Å²) in [6.07, 6.45) is 0. The fourth-order valence-corrected chi connectivity index (χ4v) is 2.60. The summed E-state index contributed by atoms with van der Waals surface area (Å²) in [5, 5.41) is 0. The first-order chi connectivity index (χ1) is 9.46. The third kappa shape index (κ3) is 2.75. The van der Waals surface area contributed by atoms with E-state index in [0.717, 1.165) is 5.56 Å². The van der Waals surface area contributed by atoms with Gasteiger partial charge in [0.1, 0.15) is 5.92 Å². The van der Waals surface area contributed by atoms with Gasteiger partial charge in [-0.2, -0.15) is 0 Å². The van der Waals surface area contributed by atoms with E-state index in [1.54, 1.807) is 6.92 Å². The first-order valence-electron chi connectivity index (χ1n) is 6.96. The predicted molar refractivity (Wildman–Crippen MR) is 76.1 cm³/mol. The molecule has 1 fully saturated rings. The molecule has 2 rings (SSSR count). The van der Waals surface area contributed by atoms with Gasteiger partial charge in [-0.05, 0) is 26.3 Å². The fourth-order valence-electron chi connectivity index (χ4n) is 2.60. The Bertz CT molecular complexity index is 496. The number of ether oxygens (including phenoxy) is 1.